The van der Waals surface area contributed by atoms with Crippen molar-refractivity contribution in [2.24, 2.45) is 0 Å². The van der Waals surface area contributed by atoms with Crippen molar-refractivity contribution in [3.05, 3.63) is 101 Å². The van der Waals surface area contributed by atoms with Gasteiger partial charge in [0, 0.05) is 21.8 Å². The summed E-state index contributed by atoms with van der Waals surface area (Å²) in [5.74, 6) is 0.361. The van der Waals surface area contributed by atoms with Crippen molar-refractivity contribution in [3.63, 3.8) is 0 Å². The van der Waals surface area contributed by atoms with E-state index in [9.17, 15) is 4.39 Å². The fourth-order valence-corrected chi connectivity index (χ4v) is 3.46. The van der Waals surface area contributed by atoms with Gasteiger partial charge in [0.05, 0.1) is 0 Å². The Hall–Kier alpha value is -3.18. The van der Waals surface area contributed by atoms with Crippen LogP contribution in [0.25, 0.3) is 11.5 Å². The monoisotopic (exact) mass is 407 g/mol. The van der Waals surface area contributed by atoms with Gasteiger partial charge in [0.2, 0.25) is 11.8 Å². The van der Waals surface area contributed by atoms with Crippen LogP contribution in [0.3, 0.4) is 0 Å². The molecule has 0 amide bonds. The van der Waals surface area contributed by atoms with E-state index in [4.69, 9.17) is 16.0 Å². The minimum atomic E-state index is -0.527. The first-order valence-corrected chi connectivity index (χ1v) is 9.71. The van der Waals surface area contributed by atoms with Crippen molar-refractivity contribution in [1.29, 1.82) is 0 Å². The number of rotatable bonds is 6. The highest BCUT2D eigenvalue weighted by atomic mass is 35.5. The van der Waals surface area contributed by atoms with Crippen LogP contribution in [0.1, 0.15) is 30.0 Å². The predicted octanol–water partition coefficient (Wildman–Crippen LogP) is 6.29. The lowest BCUT2D eigenvalue weighted by atomic mass is 10.0. The van der Waals surface area contributed by atoms with E-state index in [0.717, 1.165) is 23.2 Å². The predicted molar refractivity (Wildman–Crippen MR) is 112 cm³/mol. The molecule has 0 radical (unpaired) electrons. The summed E-state index contributed by atoms with van der Waals surface area (Å²) in [4.78, 5) is 0. The van der Waals surface area contributed by atoms with Gasteiger partial charge in [-0.3, -0.25) is 0 Å². The largest absolute Gasteiger partial charge is 0.418 e. The van der Waals surface area contributed by atoms with Crippen LogP contribution in [0.5, 0.6) is 0 Å². The number of aromatic nitrogens is 2. The second-order valence-corrected chi connectivity index (χ2v) is 6.97. The van der Waals surface area contributed by atoms with E-state index >= 15 is 0 Å². The van der Waals surface area contributed by atoms with Gasteiger partial charge >= 0.3 is 0 Å². The number of nitrogens with zero attached hydrogens (tertiary/aromatic N) is 2. The molecule has 0 aliphatic heterocycles. The standard InChI is InChI=1S/C23H19ClFN3O/c1-2-15-8-6-7-11-20(15)26-21(18-13-12-17(25)14-19(18)24)23-28-27-22(29-23)16-9-4-3-5-10-16/h3-14,21,26H,2H2,1H3. The van der Waals surface area contributed by atoms with Crippen LogP contribution in [0.4, 0.5) is 10.1 Å². The second kappa shape index (κ2) is 8.45. The molecule has 1 atom stereocenters. The molecule has 0 spiro atoms. The average molecular weight is 408 g/mol. The molecule has 1 unspecified atom stereocenters. The Morgan fingerprint density at radius 1 is 1.00 bits per heavy atom. The first-order valence-electron chi connectivity index (χ1n) is 9.34. The molecule has 3 aromatic carbocycles. The molecule has 4 nitrogen and oxygen atoms in total. The molecule has 0 bridgehead atoms. The quantitative estimate of drug-likeness (QED) is 0.408. The maximum Gasteiger partial charge on any atom is 0.247 e. The van der Waals surface area contributed by atoms with Crippen LogP contribution in [-0.2, 0) is 6.42 Å². The van der Waals surface area contributed by atoms with Gasteiger partial charge in [-0.15, -0.1) is 10.2 Å². The molecular formula is C23H19ClFN3O. The molecule has 0 saturated carbocycles. The lowest BCUT2D eigenvalue weighted by Gasteiger charge is -2.20. The van der Waals surface area contributed by atoms with E-state index in [1.807, 2.05) is 48.5 Å². The Labute approximate surface area is 173 Å². The summed E-state index contributed by atoms with van der Waals surface area (Å²) in [7, 11) is 0. The molecule has 1 heterocycles. The summed E-state index contributed by atoms with van der Waals surface area (Å²) in [6.07, 6.45) is 0.853. The van der Waals surface area contributed by atoms with Crippen LogP contribution < -0.4 is 5.32 Å². The fourth-order valence-electron chi connectivity index (χ4n) is 3.18. The van der Waals surface area contributed by atoms with Crippen molar-refractivity contribution >= 4 is 17.3 Å². The third-order valence-electron chi connectivity index (χ3n) is 4.68. The van der Waals surface area contributed by atoms with E-state index in [2.05, 4.69) is 28.5 Å². The van der Waals surface area contributed by atoms with Crippen molar-refractivity contribution in [3.8, 4) is 11.5 Å². The van der Waals surface area contributed by atoms with Crippen LogP contribution in [0.15, 0.2) is 77.2 Å². The number of aryl methyl sites for hydroxylation is 1. The molecule has 29 heavy (non-hydrogen) atoms. The topological polar surface area (TPSA) is 51.0 Å². The molecule has 0 fully saturated rings. The second-order valence-electron chi connectivity index (χ2n) is 6.57. The smallest absolute Gasteiger partial charge is 0.247 e. The normalized spacial score (nSPS) is 12.0. The number of para-hydroxylation sites is 1. The minimum Gasteiger partial charge on any atom is -0.418 e. The number of hydrogen-bond donors (Lipinski definition) is 1. The SMILES string of the molecule is CCc1ccccc1NC(c1nnc(-c2ccccc2)o1)c1ccc(F)cc1Cl. The molecule has 0 aliphatic carbocycles. The van der Waals surface area contributed by atoms with Gasteiger partial charge in [-0.25, -0.2) is 4.39 Å². The van der Waals surface area contributed by atoms with Gasteiger partial charge < -0.3 is 9.73 Å². The number of benzene rings is 3. The number of anilines is 1. The summed E-state index contributed by atoms with van der Waals surface area (Å²) in [6.45, 7) is 2.08. The zero-order valence-corrected chi connectivity index (χ0v) is 16.5. The number of hydrogen-bond acceptors (Lipinski definition) is 4. The first kappa shape index (κ1) is 19.2. The van der Waals surface area contributed by atoms with Crippen molar-refractivity contribution in [2.45, 2.75) is 19.4 Å². The van der Waals surface area contributed by atoms with Crippen LogP contribution in [0, 0.1) is 5.82 Å². The average Bonchev–Trinajstić information content (AvgIpc) is 3.23. The Morgan fingerprint density at radius 2 is 1.76 bits per heavy atom. The highest BCUT2D eigenvalue weighted by Crippen LogP contribution is 2.33. The zero-order valence-electron chi connectivity index (χ0n) is 15.8. The van der Waals surface area contributed by atoms with Crippen molar-refractivity contribution in [2.75, 3.05) is 5.32 Å². The highest BCUT2D eigenvalue weighted by Gasteiger charge is 2.24. The lowest BCUT2D eigenvalue weighted by molar-refractivity contribution is 0.493. The van der Waals surface area contributed by atoms with Crippen LogP contribution in [0.2, 0.25) is 5.02 Å². The minimum absolute atomic E-state index is 0.288. The number of nitrogens with one attached hydrogen (secondary N) is 1. The van der Waals surface area contributed by atoms with E-state index in [1.165, 1.54) is 12.1 Å². The molecule has 1 aromatic heterocycles. The van der Waals surface area contributed by atoms with E-state index in [1.54, 1.807) is 6.07 Å². The van der Waals surface area contributed by atoms with Crippen LogP contribution in [-0.4, -0.2) is 10.2 Å². The fraction of sp³-hybridized carbons (Fsp3) is 0.130. The summed E-state index contributed by atoms with van der Waals surface area (Å²) < 4.78 is 19.6. The van der Waals surface area contributed by atoms with E-state index < -0.39 is 11.9 Å². The van der Waals surface area contributed by atoms with Gasteiger partial charge in [0.25, 0.3) is 0 Å². The van der Waals surface area contributed by atoms with Gasteiger partial charge in [0.15, 0.2) is 0 Å². The third-order valence-corrected chi connectivity index (χ3v) is 5.01. The summed E-state index contributed by atoms with van der Waals surface area (Å²) in [5, 5.41) is 12.2. The number of halogens is 2. The Bertz CT molecular complexity index is 1110. The molecule has 4 aromatic rings. The molecule has 0 saturated heterocycles. The van der Waals surface area contributed by atoms with E-state index in [-0.39, 0.29) is 5.02 Å². The molecule has 146 valence electrons. The summed E-state index contributed by atoms with van der Waals surface area (Å²) in [5.41, 5.74) is 3.55. The van der Waals surface area contributed by atoms with Crippen LogP contribution >= 0.6 is 11.6 Å². The van der Waals surface area contributed by atoms with Gasteiger partial charge in [0.1, 0.15) is 11.9 Å². The maximum atomic E-state index is 13.6. The third kappa shape index (κ3) is 4.15. The first-order chi connectivity index (χ1) is 14.2. The Kier molecular flexibility index (Phi) is 5.58. The van der Waals surface area contributed by atoms with Gasteiger partial charge in [-0.1, -0.05) is 61.0 Å². The molecular weight excluding hydrogens is 389 g/mol. The maximum absolute atomic E-state index is 13.6. The molecule has 4 rings (SSSR count). The molecule has 6 heteroatoms. The van der Waals surface area contributed by atoms with Crippen molar-refractivity contribution < 1.29 is 8.81 Å². The summed E-state index contributed by atoms with van der Waals surface area (Å²) >= 11 is 6.37. The highest BCUT2D eigenvalue weighted by molar-refractivity contribution is 6.31. The Balaban J connectivity index is 1.77. The summed E-state index contributed by atoms with van der Waals surface area (Å²) in [6, 6.07) is 21.3. The van der Waals surface area contributed by atoms with E-state index in [0.29, 0.717) is 17.3 Å². The Morgan fingerprint density at radius 3 is 2.52 bits per heavy atom. The van der Waals surface area contributed by atoms with Gasteiger partial charge in [-0.2, -0.15) is 0 Å². The van der Waals surface area contributed by atoms with Crippen molar-refractivity contribution in [1.82, 2.24) is 10.2 Å². The lowest BCUT2D eigenvalue weighted by Crippen LogP contribution is -2.14. The molecule has 0 aliphatic rings. The van der Waals surface area contributed by atoms with Gasteiger partial charge in [-0.05, 0) is 42.3 Å². The molecule has 1 N–H and O–H groups in total. The zero-order chi connectivity index (χ0) is 20.2.